The van der Waals surface area contributed by atoms with E-state index in [4.69, 9.17) is 8.76 Å². The Balaban J connectivity index is 0.000000628. The molecule has 0 aliphatic heterocycles. The number of hydrogen-bond donors (Lipinski definition) is 1. The molecule has 4 rings (SSSR count). The van der Waals surface area contributed by atoms with Crippen molar-refractivity contribution in [2.24, 2.45) is 5.14 Å². The molecule has 2 N–H and O–H groups in total. The lowest BCUT2D eigenvalue weighted by Crippen LogP contribution is -2.05. The van der Waals surface area contributed by atoms with E-state index in [1.165, 1.54) is 34.1 Å². The predicted octanol–water partition coefficient (Wildman–Crippen LogP) is 4.56. The van der Waals surface area contributed by atoms with E-state index in [0.717, 1.165) is 23.5 Å². The highest BCUT2D eigenvalue weighted by Gasteiger charge is 2.35. The van der Waals surface area contributed by atoms with Gasteiger partial charge in [0.25, 0.3) is 0 Å². The quantitative estimate of drug-likeness (QED) is 0.351. The van der Waals surface area contributed by atoms with Gasteiger partial charge in [-0.3, -0.25) is 13.9 Å². The molecule has 0 fully saturated rings. The number of alkyl halides is 3. The average Bonchev–Trinajstić information content (AvgIpc) is 3.38. The molecule has 0 bridgehead atoms. The molecule has 0 aliphatic rings. The van der Waals surface area contributed by atoms with Crippen molar-refractivity contribution in [3.63, 3.8) is 0 Å². The lowest BCUT2D eigenvalue weighted by atomic mass is 10.1. The van der Waals surface area contributed by atoms with Crippen molar-refractivity contribution < 1.29 is 26.3 Å². The van der Waals surface area contributed by atoms with Gasteiger partial charge in [-0.25, -0.2) is 14.4 Å². The van der Waals surface area contributed by atoms with E-state index in [-0.39, 0.29) is 11.5 Å². The topological polar surface area (TPSA) is 96.9 Å². The van der Waals surface area contributed by atoms with Crippen LogP contribution in [0.3, 0.4) is 0 Å². The Morgan fingerprint density at radius 1 is 1.10 bits per heavy atom. The van der Waals surface area contributed by atoms with Crippen LogP contribution >= 0.6 is 11.3 Å². The fourth-order valence-corrected chi connectivity index (χ4v) is 3.25. The van der Waals surface area contributed by atoms with Crippen molar-refractivity contribution in [1.82, 2.24) is 14.5 Å². The Morgan fingerprint density at radius 2 is 1.74 bits per heavy atom. The minimum absolute atomic E-state index is 0.0813. The normalized spacial score (nSPS) is 12.2. The van der Waals surface area contributed by atoms with Gasteiger partial charge in [0, 0.05) is 39.7 Å². The SMILES string of the molecule is Fc1cccc(-n2cc(C(F)(F)F)nc2-c2ccc(-c3cscn3)cc2)c1.NS(=O)[O-]. The molecule has 4 aromatic rings. The maximum Gasteiger partial charge on any atom is 0.434 e. The predicted molar refractivity (Wildman–Crippen MR) is 108 cm³/mol. The Kier molecular flexibility index (Phi) is 6.95. The summed E-state index contributed by atoms with van der Waals surface area (Å²) in [6, 6.07) is 12.2. The van der Waals surface area contributed by atoms with Crippen molar-refractivity contribution in [3.05, 3.63) is 77.1 Å². The third kappa shape index (κ3) is 5.82. The molecule has 31 heavy (non-hydrogen) atoms. The first kappa shape index (κ1) is 22.7. The fraction of sp³-hybridized carbons (Fsp3) is 0.0526. The zero-order valence-electron chi connectivity index (χ0n) is 15.4. The molecular formula is C19H13F4N4O2S2-. The number of nitrogens with two attached hydrogens (primary N) is 1. The Labute approximate surface area is 180 Å². The van der Waals surface area contributed by atoms with Crippen molar-refractivity contribution >= 4 is 22.6 Å². The van der Waals surface area contributed by atoms with Crippen LogP contribution in [0.5, 0.6) is 0 Å². The van der Waals surface area contributed by atoms with Crippen LogP contribution < -0.4 is 5.14 Å². The van der Waals surface area contributed by atoms with Gasteiger partial charge in [0.1, 0.15) is 11.6 Å². The third-order valence-electron chi connectivity index (χ3n) is 3.95. The average molecular weight is 469 g/mol. The molecule has 6 nitrogen and oxygen atoms in total. The molecule has 0 spiro atoms. The minimum atomic E-state index is -4.60. The second-order valence-electron chi connectivity index (χ2n) is 6.01. The summed E-state index contributed by atoms with van der Waals surface area (Å²) in [7, 11) is 0. The molecule has 2 aromatic carbocycles. The van der Waals surface area contributed by atoms with Crippen molar-refractivity contribution in [2.75, 3.05) is 0 Å². The zero-order valence-corrected chi connectivity index (χ0v) is 17.0. The number of imidazole rings is 1. The number of halogens is 4. The van der Waals surface area contributed by atoms with Gasteiger partial charge in [-0.1, -0.05) is 30.3 Å². The number of nitrogens with zero attached hydrogens (tertiary/aromatic N) is 3. The summed E-state index contributed by atoms with van der Waals surface area (Å²) in [5.41, 5.74) is 3.04. The maximum atomic E-state index is 13.6. The van der Waals surface area contributed by atoms with Crippen molar-refractivity contribution in [2.45, 2.75) is 6.18 Å². The summed E-state index contributed by atoms with van der Waals surface area (Å²) in [6.45, 7) is 0. The molecule has 1 unspecified atom stereocenters. The van der Waals surface area contributed by atoms with Crippen LogP contribution in [-0.4, -0.2) is 23.3 Å². The van der Waals surface area contributed by atoms with Gasteiger partial charge in [0.2, 0.25) is 0 Å². The van der Waals surface area contributed by atoms with Crippen molar-refractivity contribution in [1.29, 1.82) is 0 Å². The summed E-state index contributed by atoms with van der Waals surface area (Å²) in [4.78, 5) is 7.96. The molecule has 162 valence electrons. The lowest BCUT2D eigenvalue weighted by molar-refractivity contribution is -0.140. The summed E-state index contributed by atoms with van der Waals surface area (Å²) in [5.74, 6) is -0.461. The monoisotopic (exact) mass is 469 g/mol. The summed E-state index contributed by atoms with van der Waals surface area (Å²) in [5, 5.41) is 5.91. The molecule has 0 saturated heterocycles. The van der Waals surface area contributed by atoms with E-state index >= 15 is 0 Å². The van der Waals surface area contributed by atoms with E-state index < -0.39 is 29.0 Å². The van der Waals surface area contributed by atoms with E-state index in [0.29, 0.717) is 5.56 Å². The second-order valence-corrected chi connectivity index (χ2v) is 7.25. The maximum absolute atomic E-state index is 13.6. The lowest BCUT2D eigenvalue weighted by Gasteiger charge is -2.08. The van der Waals surface area contributed by atoms with Gasteiger partial charge >= 0.3 is 6.18 Å². The molecule has 0 amide bonds. The van der Waals surface area contributed by atoms with E-state index in [1.54, 1.807) is 29.8 Å². The number of aromatic nitrogens is 3. The fourth-order valence-electron chi connectivity index (χ4n) is 2.69. The van der Waals surface area contributed by atoms with Crippen LogP contribution in [0.4, 0.5) is 17.6 Å². The van der Waals surface area contributed by atoms with E-state index in [9.17, 15) is 17.6 Å². The number of rotatable bonds is 3. The van der Waals surface area contributed by atoms with Gasteiger partial charge in [-0.05, 0) is 18.2 Å². The van der Waals surface area contributed by atoms with Gasteiger partial charge < -0.3 is 4.55 Å². The molecule has 1 atom stereocenters. The first-order valence-corrected chi connectivity index (χ1v) is 10.5. The molecule has 12 heteroatoms. The van der Waals surface area contributed by atoms with E-state index in [1.807, 2.05) is 5.38 Å². The number of hydrogen-bond acceptors (Lipinski definition) is 5. The molecule has 0 saturated carbocycles. The molecule has 2 aromatic heterocycles. The van der Waals surface area contributed by atoms with E-state index in [2.05, 4.69) is 15.1 Å². The van der Waals surface area contributed by atoms with Crippen LogP contribution in [0, 0.1) is 5.82 Å². The Morgan fingerprint density at radius 3 is 2.29 bits per heavy atom. The number of benzene rings is 2. The van der Waals surface area contributed by atoms with Gasteiger partial charge in [0.05, 0.1) is 11.2 Å². The standard InChI is InChI=1S/C19H11F4N3S.H3NO2S/c20-14-2-1-3-15(8-14)26-9-17(19(21,22)23)25-18(26)13-6-4-12(5-7-13)16-10-27-11-24-16;1-4(2)3/h1-11H;1H2,(H,2,3)/p-1. The number of thiazole rings is 1. The van der Waals surface area contributed by atoms with Gasteiger partial charge in [-0.15, -0.1) is 11.3 Å². The second kappa shape index (κ2) is 9.47. The molecular weight excluding hydrogens is 456 g/mol. The molecule has 2 heterocycles. The highest BCUT2D eigenvalue weighted by atomic mass is 32.2. The molecule has 0 radical (unpaired) electrons. The highest BCUT2D eigenvalue weighted by molar-refractivity contribution is 7.76. The summed E-state index contributed by atoms with van der Waals surface area (Å²) >= 11 is -0.907. The van der Waals surface area contributed by atoms with Crippen LogP contribution in [0.15, 0.2) is 65.6 Å². The van der Waals surface area contributed by atoms with Crippen LogP contribution in [0.1, 0.15) is 5.69 Å². The third-order valence-corrected chi connectivity index (χ3v) is 4.54. The highest BCUT2D eigenvalue weighted by Crippen LogP contribution is 2.33. The molecule has 0 aliphatic carbocycles. The summed E-state index contributed by atoms with van der Waals surface area (Å²) < 4.78 is 71.9. The first-order valence-electron chi connectivity index (χ1n) is 8.40. The van der Waals surface area contributed by atoms with Crippen LogP contribution in [0.25, 0.3) is 28.3 Å². The van der Waals surface area contributed by atoms with Crippen molar-refractivity contribution in [3.8, 4) is 28.3 Å². The van der Waals surface area contributed by atoms with Gasteiger partial charge in [-0.2, -0.15) is 13.2 Å². The van der Waals surface area contributed by atoms with Crippen LogP contribution in [-0.2, 0) is 17.4 Å². The Bertz CT molecular complexity index is 1170. The van der Waals surface area contributed by atoms with Crippen LogP contribution in [0.2, 0.25) is 0 Å². The first-order chi connectivity index (χ1) is 14.6. The largest absolute Gasteiger partial charge is 0.760 e. The summed E-state index contributed by atoms with van der Waals surface area (Å²) in [6.07, 6.45) is -3.73. The minimum Gasteiger partial charge on any atom is -0.760 e. The Hall–Kier alpha value is -2.93. The smallest absolute Gasteiger partial charge is 0.434 e. The van der Waals surface area contributed by atoms with Gasteiger partial charge in [0.15, 0.2) is 5.69 Å². The zero-order chi connectivity index (χ0) is 22.6.